The summed E-state index contributed by atoms with van der Waals surface area (Å²) in [6.07, 6.45) is 1.70. The average molecular weight is 290 g/mol. The number of morpholine rings is 1. The minimum atomic E-state index is 0.485. The molecule has 1 fully saturated rings. The molecule has 1 N–H and O–H groups in total. The van der Waals surface area contributed by atoms with E-state index < -0.39 is 0 Å². The molecule has 104 valence electrons. The predicted molar refractivity (Wildman–Crippen MR) is 82.0 cm³/mol. The van der Waals surface area contributed by atoms with Crippen LogP contribution in [0.4, 0.5) is 17.1 Å². The standard InChI is InChI=1S/C15H16ClN3O/c16-15-11-12(5-6-17-15)18-13-3-1-2-4-14(13)19-7-9-20-10-8-19/h1-6,11H,7-10H2,(H,17,18). The summed E-state index contributed by atoms with van der Waals surface area (Å²) in [5.74, 6) is 0. The van der Waals surface area contributed by atoms with Crippen molar-refractivity contribution in [1.82, 2.24) is 4.98 Å². The van der Waals surface area contributed by atoms with Gasteiger partial charge in [0.1, 0.15) is 5.15 Å². The van der Waals surface area contributed by atoms with Gasteiger partial charge in [0.05, 0.1) is 24.6 Å². The first kappa shape index (κ1) is 13.2. The molecule has 0 bridgehead atoms. The lowest BCUT2D eigenvalue weighted by molar-refractivity contribution is 0.123. The van der Waals surface area contributed by atoms with E-state index in [-0.39, 0.29) is 0 Å². The number of para-hydroxylation sites is 2. The lowest BCUT2D eigenvalue weighted by Gasteiger charge is -2.30. The Kier molecular flexibility index (Phi) is 4.04. The molecule has 4 nitrogen and oxygen atoms in total. The maximum Gasteiger partial charge on any atom is 0.131 e. The third-order valence-electron chi connectivity index (χ3n) is 3.26. The highest BCUT2D eigenvalue weighted by Crippen LogP contribution is 2.29. The van der Waals surface area contributed by atoms with Gasteiger partial charge >= 0.3 is 0 Å². The highest BCUT2D eigenvalue weighted by atomic mass is 35.5. The molecule has 0 atom stereocenters. The van der Waals surface area contributed by atoms with Gasteiger partial charge in [0.2, 0.25) is 0 Å². The number of nitrogens with one attached hydrogen (secondary N) is 1. The Bertz CT molecular complexity index is 585. The maximum atomic E-state index is 5.92. The van der Waals surface area contributed by atoms with Crippen LogP contribution >= 0.6 is 11.6 Å². The van der Waals surface area contributed by atoms with Crippen molar-refractivity contribution in [1.29, 1.82) is 0 Å². The van der Waals surface area contributed by atoms with E-state index in [1.165, 1.54) is 5.69 Å². The molecule has 1 aromatic heterocycles. The zero-order valence-electron chi connectivity index (χ0n) is 11.1. The summed E-state index contributed by atoms with van der Waals surface area (Å²) >= 11 is 5.92. The molecule has 0 saturated carbocycles. The zero-order chi connectivity index (χ0) is 13.8. The smallest absolute Gasteiger partial charge is 0.131 e. The molecule has 1 aliphatic heterocycles. The van der Waals surface area contributed by atoms with Crippen molar-refractivity contribution in [3.05, 3.63) is 47.7 Å². The van der Waals surface area contributed by atoms with Crippen LogP contribution in [-0.4, -0.2) is 31.3 Å². The molecule has 1 saturated heterocycles. The molecule has 20 heavy (non-hydrogen) atoms. The van der Waals surface area contributed by atoms with Crippen LogP contribution in [0.3, 0.4) is 0 Å². The van der Waals surface area contributed by atoms with Crippen molar-refractivity contribution in [2.24, 2.45) is 0 Å². The Hall–Kier alpha value is -1.78. The van der Waals surface area contributed by atoms with Crippen LogP contribution in [0.5, 0.6) is 0 Å². The number of aromatic nitrogens is 1. The number of anilines is 3. The lowest BCUT2D eigenvalue weighted by Crippen LogP contribution is -2.36. The van der Waals surface area contributed by atoms with Crippen LogP contribution in [0.25, 0.3) is 0 Å². The number of pyridine rings is 1. The Labute approximate surface area is 123 Å². The molecule has 0 spiro atoms. The van der Waals surface area contributed by atoms with Gasteiger partial charge in [-0.25, -0.2) is 4.98 Å². The maximum absolute atomic E-state index is 5.92. The summed E-state index contributed by atoms with van der Waals surface area (Å²) in [5.41, 5.74) is 3.19. The second-order valence-corrected chi connectivity index (χ2v) is 5.00. The number of hydrogen-bond donors (Lipinski definition) is 1. The van der Waals surface area contributed by atoms with Crippen molar-refractivity contribution >= 4 is 28.7 Å². The van der Waals surface area contributed by atoms with Crippen LogP contribution in [0.1, 0.15) is 0 Å². The van der Waals surface area contributed by atoms with E-state index >= 15 is 0 Å². The predicted octanol–water partition coefficient (Wildman–Crippen LogP) is 3.32. The molecule has 1 aromatic carbocycles. The van der Waals surface area contributed by atoms with Crippen LogP contribution in [0, 0.1) is 0 Å². The summed E-state index contributed by atoms with van der Waals surface area (Å²) in [6.45, 7) is 3.37. The number of halogens is 1. The van der Waals surface area contributed by atoms with Crippen LogP contribution < -0.4 is 10.2 Å². The average Bonchev–Trinajstić information content (AvgIpc) is 2.49. The molecular formula is C15H16ClN3O. The highest BCUT2D eigenvalue weighted by molar-refractivity contribution is 6.29. The molecule has 5 heteroatoms. The normalized spacial score (nSPS) is 15.2. The summed E-state index contributed by atoms with van der Waals surface area (Å²) in [4.78, 5) is 6.32. The van der Waals surface area contributed by atoms with Crippen LogP contribution in [0.2, 0.25) is 5.15 Å². The largest absolute Gasteiger partial charge is 0.378 e. The minimum absolute atomic E-state index is 0.485. The quantitative estimate of drug-likeness (QED) is 0.880. The fraction of sp³-hybridized carbons (Fsp3) is 0.267. The van der Waals surface area contributed by atoms with E-state index in [9.17, 15) is 0 Å². The molecular weight excluding hydrogens is 274 g/mol. The number of rotatable bonds is 3. The minimum Gasteiger partial charge on any atom is -0.378 e. The fourth-order valence-corrected chi connectivity index (χ4v) is 2.47. The number of ether oxygens (including phenoxy) is 1. The van der Waals surface area contributed by atoms with Crippen molar-refractivity contribution in [2.45, 2.75) is 0 Å². The molecule has 0 aliphatic carbocycles. The van der Waals surface area contributed by atoms with Crippen molar-refractivity contribution < 1.29 is 4.74 Å². The highest BCUT2D eigenvalue weighted by Gasteiger charge is 2.14. The molecule has 0 amide bonds. The third kappa shape index (κ3) is 3.03. The topological polar surface area (TPSA) is 37.4 Å². The number of benzene rings is 1. The van der Waals surface area contributed by atoms with Gasteiger partial charge < -0.3 is 15.0 Å². The van der Waals surface area contributed by atoms with Crippen molar-refractivity contribution in [2.75, 3.05) is 36.5 Å². The van der Waals surface area contributed by atoms with E-state index in [0.717, 1.165) is 37.7 Å². The monoisotopic (exact) mass is 289 g/mol. The number of hydrogen-bond acceptors (Lipinski definition) is 4. The van der Waals surface area contributed by atoms with E-state index in [1.807, 2.05) is 18.2 Å². The summed E-state index contributed by atoms with van der Waals surface area (Å²) in [5, 5.41) is 3.89. The first-order valence-electron chi connectivity index (χ1n) is 6.63. The lowest BCUT2D eigenvalue weighted by atomic mass is 10.2. The van der Waals surface area contributed by atoms with E-state index in [1.54, 1.807) is 6.20 Å². The Morgan fingerprint density at radius 1 is 1.15 bits per heavy atom. The Morgan fingerprint density at radius 3 is 2.75 bits per heavy atom. The fourth-order valence-electron chi connectivity index (χ4n) is 2.30. The summed E-state index contributed by atoms with van der Waals surface area (Å²) in [6, 6.07) is 12.0. The van der Waals surface area contributed by atoms with E-state index in [2.05, 4.69) is 33.4 Å². The molecule has 1 aliphatic rings. The molecule has 2 heterocycles. The van der Waals surface area contributed by atoms with Gasteiger partial charge in [0, 0.05) is 25.0 Å². The van der Waals surface area contributed by atoms with Gasteiger partial charge in [0.15, 0.2) is 0 Å². The van der Waals surface area contributed by atoms with Gasteiger partial charge in [-0.2, -0.15) is 0 Å². The Morgan fingerprint density at radius 2 is 1.95 bits per heavy atom. The first-order chi connectivity index (χ1) is 9.83. The van der Waals surface area contributed by atoms with Crippen LogP contribution in [-0.2, 0) is 4.74 Å². The van der Waals surface area contributed by atoms with Gasteiger partial charge in [0.25, 0.3) is 0 Å². The Balaban J connectivity index is 1.85. The summed E-state index contributed by atoms with van der Waals surface area (Å²) in [7, 11) is 0. The van der Waals surface area contributed by atoms with Crippen LogP contribution in [0.15, 0.2) is 42.6 Å². The van der Waals surface area contributed by atoms with Gasteiger partial charge in [-0.15, -0.1) is 0 Å². The molecule has 3 rings (SSSR count). The van der Waals surface area contributed by atoms with Gasteiger partial charge in [-0.3, -0.25) is 0 Å². The SMILES string of the molecule is Clc1cc(Nc2ccccc2N2CCOCC2)ccn1. The van der Waals surface area contributed by atoms with Gasteiger partial charge in [-0.05, 0) is 24.3 Å². The molecule has 0 radical (unpaired) electrons. The van der Waals surface area contributed by atoms with Gasteiger partial charge in [-0.1, -0.05) is 23.7 Å². The first-order valence-corrected chi connectivity index (χ1v) is 7.01. The molecule has 0 unspecified atom stereocenters. The third-order valence-corrected chi connectivity index (χ3v) is 3.47. The zero-order valence-corrected chi connectivity index (χ0v) is 11.8. The van der Waals surface area contributed by atoms with E-state index in [0.29, 0.717) is 5.15 Å². The number of nitrogens with zero attached hydrogens (tertiary/aromatic N) is 2. The van der Waals surface area contributed by atoms with Crippen molar-refractivity contribution in [3.8, 4) is 0 Å². The molecule has 2 aromatic rings. The van der Waals surface area contributed by atoms with Crippen molar-refractivity contribution in [3.63, 3.8) is 0 Å². The summed E-state index contributed by atoms with van der Waals surface area (Å²) < 4.78 is 5.41. The second-order valence-electron chi connectivity index (χ2n) is 4.61. The second kappa shape index (κ2) is 6.11. The van der Waals surface area contributed by atoms with E-state index in [4.69, 9.17) is 16.3 Å².